The molecule has 0 radical (unpaired) electrons. The van der Waals surface area contributed by atoms with Crippen LogP contribution in [-0.4, -0.2) is 10.9 Å². The summed E-state index contributed by atoms with van der Waals surface area (Å²) < 4.78 is 13.0. The monoisotopic (exact) mass is 358 g/mol. The zero-order valence-electron chi connectivity index (χ0n) is 14.6. The van der Waals surface area contributed by atoms with Gasteiger partial charge in [-0.1, -0.05) is 48.5 Å². The quantitative estimate of drug-likeness (QED) is 0.298. The second-order valence-electron chi connectivity index (χ2n) is 6.53. The van der Waals surface area contributed by atoms with Crippen LogP contribution in [0.4, 0.5) is 10.1 Å². The fraction of sp³-hybridized carbons (Fsp3) is 0.0870. The molecule has 4 aromatic rings. The SMILES string of the molecule is NC(CC(O)c1c2ccccc2cc2ccccc12)=Nc1ccc(F)cc1. The topological polar surface area (TPSA) is 58.6 Å². The molecule has 0 bridgehead atoms. The zero-order chi connectivity index (χ0) is 18.8. The van der Waals surface area contributed by atoms with Gasteiger partial charge in [0.05, 0.1) is 11.8 Å². The molecule has 3 N–H and O–H groups in total. The second kappa shape index (κ2) is 7.17. The van der Waals surface area contributed by atoms with E-state index in [4.69, 9.17) is 5.73 Å². The first kappa shape index (κ1) is 17.2. The van der Waals surface area contributed by atoms with Crippen molar-refractivity contribution in [2.45, 2.75) is 12.5 Å². The van der Waals surface area contributed by atoms with Crippen LogP contribution in [0.5, 0.6) is 0 Å². The first-order chi connectivity index (χ1) is 13.1. The minimum atomic E-state index is -0.801. The van der Waals surface area contributed by atoms with Crippen molar-refractivity contribution in [3.63, 3.8) is 0 Å². The van der Waals surface area contributed by atoms with Crippen LogP contribution in [0.3, 0.4) is 0 Å². The maximum atomic E-state index is 13.0. The van der Waals surface area contributed by atoms with Crippen LogP contribution < -0.4 is 5.73 Å². The van der Waals surface area contributed by atoms with E-state index in [1.54, 1.807) is 12.1 Å². The maximum Gasteiger partial charge on any atom is 0.123 e. The number of aliphatic hydroxyl groups excluding tert-OH is 1. The highest BCUT2D eigenvalue weighted by Gasteiger charge is 2.17. The summed E-state index contributed by atoms with van der Waals surface area (Å²) in [7, 11) is 0. The van der Waals surface area contributed by atoms with Crippen LogP contribution in [-0.2, 0) is 0 Å². The van der Waals surface area contributed by atoms with E-state index in [-0.39, 0.29) is 12.2 Å². The molecule has 0 heterocycles. The fourth-order valence-corrected chi connectivity index (χ4v) is 3.44. The summed E-state index contributed by atoms with van der Waals surface area (Å²) in [4.78, 5) is 4.29. The Morgan fingerprint density at radius 3 is 2.04 bits per heavy atom. The summed E-state index contributed by atoms with van der Waals surface area (Å²) in [5.74, 6) is -0.0269. The minimum absolute atomic E-state index is 0.190. The number of halogens is 1. The highest BCUT2D eigenvalue weighted by molar-refractivity contribution is 6.03. The highest BCUT2D eigenvalue weighted by Crippen LogP contribution is 2.34. The van der Waals surface area contributed by atoms with Gasteiger partial charge in [-0.2, -0.15) is 0 Å². The third-order valence-corrected chi connectivity index (χ3v) is 4.65. The Morgan fingerprint density at radius 1 is 0.889 bits per heavy atom. The van der Waals surface area contributed by atoms with Gasteiger partial charge in [0.15, 0.2) is 0 Å². The van der Waals surface area contributed by atoms with Crippen LogP contribution in [0.2, 0.25) is 0 Å². The van der Waals surface area contributed by atoms with E-state index in [1.807, 2.05) is 48.5 Å². The first-order valence-electron chi connectivity index (χ1n) is 8.79. The van der Waals surface area contributed by atoms with E-state index in [0.29, 0.717) is 11.5 Å². The van der Waals surface area contributed by atoms with E-state index in [1.165, 1.54) is 12.1 Å². The molecular formula is C23H19FN2O. The van der Waals surface area contributed by atoms with Gasteiger partial charge in [-0.05, 0) is 57.4 Å². The van der Waals surface area contributed by atoms with Crippen LogP contribution in [0.1, 0.15) is 18.1 Å². The number of amidine groups is 1. The number of benzene rings is 4. The zero-order valence-corrected chi connectivity index (χ0v) is 14.6. The Bertz CT molecular complexity index is 1080. The van der Waals surface area contributed by atoms with Crippen molar-refractivity contribution in [1.82, 2.24) is 0 Å². The lowest BCUT2D eigenvalue weighted by molar-refractivity contribution is 0.189. The molecule has 1 atom stereocenters. The first-order valence-corrected chi connectivity index (χ1v) is 8.79. The Labute approximate surface area is 156 Å². The number of nitrogens with zero attached hydrogens (tertiary/aromatic N) is 1. The number of aliphatic hydroxyl groups is 1. The van der Waals surface area contributed by atoms with Gasteiger partial charge >= 0.3 is 0 Å². The lowest BCUT2D eigenvalue weighted by Crippen LogP contribution is -2.16. The summed E-state index contributed by atoms with van der Waals surface area (Å²) in [6.07, 6.45) is -0.611. The van der Waals surface area contributed by atoms with Crippen molar-refractivity contribution in [2.24, 2.45) is 10.7 Å². The summed E-state index contributed by atoms with van der Waals surface area (Å²) in [5.41, 5.74) is 7.47. The van der Waals surface area contributed by atoms with Gasteiger partial charge in [0, 0.05) is 6.42 Å². The van der Waals surface area contributed by atoms with Crippen molar-refractivity contribution >= 4 is 33.1 Å². The van der Waals surface area contributed by atoms with Crippen LogP contribution >= 0.6 is 0 Å². The number of fused-ring (bicyclic) bond motifs is 2. The lowest BCUT2D eigenvalue weighted by Gasteiger charge is -2.17. The number of hydrogen-bond acceptors (Lipinski definition) is 2. The molecule has 4 rings (SSSR count). The highest BCUT2D eigenvalue weighted by atomic mass is 19.1. The molecule has 0 fully saturated rings. The van der Waals surface area contributed by atoms with Crippen LogP contribution in [0.15, 0.2) is 83.9 Å². The van der Waals surface area contributed by atoms with Crippen molar-refractivity contribution in [2.75, 3.05) is 0 Å². The van der Waals surface area contributed by atoms with Gasteiger partial charge in [-0.25, -0.2) is 9.38 Å². The molecule has 0 aliphatic carbocycles. The molecule has 0 aromatic heterocycles. The summed E-state index contributed by atoms with van der Waals surface area (Å²) in [6.45, 7) is 0. The lowest BCUT2D eigenvalue weighted by atomic mass is 9.92. The van der Waals surface area contributed by atoms with E-state index in [2.05, 4.69) is 11.1 Å². The molecule has 0 saturated heterocycles. The molecule has 4 heteroatoms. The van der Waals surface area contributed by atoms with Gasteiger partial charge in [-0.15, -0.1) is 0 Å². The average Bonchev–Trinajstić information content (AvgIpc) is 2.67. The van der Waals surface area contributed by atoms with E-state index >= 15 is 0 Å². The number of hydrogen-bond donors (Lipinski definition) is 2. The van der Waals surface area contributed by atoms with Crippen molar-refractivity contribution < 1.29 is 9.50 Å². The molecule has 0 spiro atoms. The molecule has 3 nitrogen and oxygen atoms in total. The van der Waals surface area contributed by atoms with E-state index < -0.39 is 6.10 Å². The summed E-state index contributed by atoms with van der Waals surface area (Å²) in [6, 6.07) is 23.9. The minimum Gasteiger partial charge on any atom is -0.388 e. The van der Waals surface area contributed by atoms with Gasteiger partial charge in [0.25, 0.3) is 0 Å². The molecule has 1 unspecified atom stereocenters. The molecule has 134 valence electrons. The smallest absolute Gasteiger partial charge is 0.123 e. The maximum absolute atomic E-state index is 13.0. The van der Waals surface area contributed by atoms with Gasteiger partial charge in [0.1, 0.15) is 11.7 Å². The molecule has 0 amide bonds. The van der Waals surface area contributed by atoms with E-state index in [0.717, 1.165) is 27.1 Å². The second-order valence-corrected chi connectivity index (χ2v) is 6.53. The summed E-state index contributed by atoms with van der Waals surface area (Å²) in [5, 5.41) is 15.1. The van der Waals surface area contributed by atoms with Crippen molar-refractivity contribution in [3.8, 4) is 0 Å². The third-order valence-electron chi connectivity index (χ3n) is 4.65. The molecule has 0 saturated carbocycles. The predicted molar refractivity (Wildman–Crippen MR) is 109 cm³/mol. The predicted octanol–water partition coefficient (Wildman–Crippen LogP) is 5.24. The Hall–Kier alpha value is -3.24. The standard InChI is InChI=1S/C23H19FN2O/c24-17-9-11-18(12-10-17)26-22(25)14-21(27)23-19-7-3-1-5-15(19)13-16-6-2-4-8-20(16)23/h1-13,21,27H,14H2,(H2,25,26). The normalized spacial score (nSPS) is 13.2. The van der Waals surface area contributed by atoms with Crippen molar-refractivity contribution in [1.29, 1.82) is 0 Å². The molecule has 4 aromatic carbocycles. The number of aliphatic imine (C=N–C) groups is 1. The summed E-state index contributed by atoms with van der Waals surface area (Å²) >= 11 is 0. The van der Waals surface area contributed by atoms with Crippen molar-refractivity contribution in [3.05, 3.63) is 90.2 Å². The number of nitrogens with two attached hydrogens (primary N) is 1. The van der Waals surface area contributed by atoms with Gasteiger partial charge in [-0.3, -0.25) is 0 Å². The molecule has 27 heavy (non-hydrogen) atoms. The Morgan fingerprint density at radius 2 is 1.44 bits per heavy atom. The van der Waals surface area contributed by atoms with Gasteiger partial charge in [0.2, 0.25) is 0 Å². The van der Waals surface area contributed by atoms with E-state index in [9.17, 15) is 9.50 Å². The van der Waals surface area contributed by atoms with Crippen LogP contribution in [0, 0.1) is 5.82 Å². The van der Waals surface area contributed by atoms with Crippen LogP contribution in [0.25, 0.3) is 21.5 Å². The third kappa shape index (κ3) is 3.52. The average molecular weight is 358 g/mol. The van der Waals surface area contributed by atoms with Gasteiger partial charge < -0.3 is 10.8 Å². The number of rotatable bonds is 4. The molecule has 0 aliphatic heterocycles. The molecular weight excluding hydrogens is 339 g/mol. The fourth-order valence-electron chi connectivity index (χ4n) is 3.44. The largest absolute Gasteiger partial charge is 0.388 e. The Balaban J connectivity index is 1.75. The molecule has 0 aliphatic rings. The Kier molecular flexibility index (Phi) is 4.57.